The van der Waals surface area contributed by atoms with Gasteiger partial charge in [0, 0.05) is 17.9 Å². The smallest absolute Gasteiger partial charge is 0.340 e. The van der Waals surface area contributed by atoms with Crippen LogP contribution in [0.2, 0.25) is 0 Å². The standard InChI is InChI=1S/C25H26N4O3/c26-23(30)18-8-19(13-27-12-18)24(31)32-14-22-28-20-3-1-2-4-21(20)29(22)25-9-15-5-16(10-25)7-17(6-15)11-25/h1-4,8,12-13,15-17H,5-7,9-11,14H2,(H2,26,30). The summed E-state index contributed by atoms with van der Waals surface area (Å²) in [6.07, 6.45) is 10.4. The number of aromatic nitrogens is 3. The molecule has 4 bridgehead atoms. The highest BCUT2D eigenvalue weighted by molar-refractivity contribution is 5.96. The fourth-order valence-electron chi connectivity index (χ4n) is 6.94. The summed E-state index contributed by atoms with van der Waals surface area (Å²) in [5.74, 6) is 2.00. The number of nitrogens with zero attached hydrogens (tertiary/aromatic N) is 3. The lowest BCUT2D eigenvalue weighted by atomic mass is 9.53. The van der Waals surface area contributed by atoms with Gasteiger partial charge < -0.3 is 15.0 Å². The number of imidazole rings is 1. The van der Waals surface area contributed by atoms with Crippen LogP contribution in [0.5, 0.6) is 0 Å². The number of nitrogens with two attached hydrogens (primary N) is 1. The van der Waals surface area contributed by atoms with Crippen molar-refractivity contribution < 1.29 is 14.3 Å². The number of amides is 1. The molecule has 2 aromatic heterocycles. The molecule has 0 atom stereocenters. The fraction of sp³-hybridized carbons (Fsp3) is 0.440. The number of benzene rings is 1. The molecule has 1 aromatic carbocycles. The molecule has 0 spiro atoms. The van der Waals surface area contributed by atoms with Gasteiger partial charge in [0.2, 0.25) is 5.91 Å². The number of carbonyl (C=O) groups is 2. The second-order valence-corrected chi connectivity index (χ2v) is 9.90. The third-order valence-corrected chi connectivity index (χ3v) is 7.70. The number of pyridine rings is 1. The molecule has 7 rings (SSSR count). The first-order chi connectivity index (χ1) is 15.5. The molecule has 4 fully saturated rings. The van der Waals surface area contributed by atoms with E-state index in [1.807, 2.05) is 12.1 Å². The van der Waals surface area contributed by atoms with E-state index in [4.69, 9.17) is 15.5 Å². The Labute approximate surface area is 186 Å². The number of hydrogen-bond donors (Lipinski definition) is 1. The molecule has 4 aliphatic carbocycles. The SMILES string of the molecule is NC(=O)c1cncc(C(=O)OCc2nc3ccccc3n2C23CC4CC(CC(C4)C2)C3)c1. The minimum atomic E-state index is -0.629. The maximum atomic E-state index is 12.7. The summed E-state index contributed by atoms with van der Waals surface area (Å²) >= 11 is 0. The number of hydrogen-bond acceptors (Lipinski definition) is 5. The van der Waals surface area contributed by atoms with Crippen LogP contribution < -0.4 is 5.73 Å². The van der Waals surface area contributed by atoms with Crippen molar-refractivity contribution >= 4 is 22.9 Å². The number of carbonyl (C=O) groups excluding carboxylic acids is 2. The molecule has 0 saturated heterocycles. The number of primary amides is 1. The van der Waals surface area contributed by atoms with Crippen molar-refractivity contribution in [3.8, 4) is 0 Å². The summed E-state index contributed by atoms with van der Waals surface area (Å²) in [6.45, 7) is 0.0794. The first kappa shape index (κ1) is 19.5. The lowest BCUT2D eigenvalue weighted by molar-refractivity contribution is -0.0440. The maximum absolute atomic E-state index is 12.7. The van der Waals surface area contributed by atoms with Crippen molar-refractivity contribution in [3.63, 3.8) is 0 Å². The van der Waals surface area contributed by atoms with Crippen molar-refractivity contribution in [2.45, 2.75) is 50.7 Å². The Hall–Kier alpha value is -3.22. The maximum Gasteiger partial charge on any atom is 0.340 e. The van der Waals surface area contributed by atoms with E-state index < -0.39 is 11.9 Å². The first-order valence-electron chi connectivity index (χ1n) is 11.4. The van der Waals surface area contributed by atoms with E-state index in [0.29, 0.717) is 0 Å². The molecule has 1 amide bonds. The van der Waals surface area contributed by atoms with Crippen molar-refractivity contribution in [1.82, 2.24) is 14.5 Å². The van der Waals surface area contributed by atoms with Crippen molar-refractivity contribution in [1.29, 1.82) is 0 Å². The topological polar surface area (TPSA) is 100 Å². The minimum absolute atomic E-state index is 0.0695. The molecule has 0 unspecified atom stereocenters. The number of ether oxygens (including phenoxy) is 1. The van der Waals surface area contributed by atoms with Crippen molar-refractivity contribution in [3.05, 3.63) is 59.7 Å². The predicted octanol–water partition coefficient (Wildman–Crippen LogP) is 3.81. The Bertz CT molecular complexity index is 1200. The summed E-state index contributed by atoms with van der Waals surface area (Å²) in [6, 6.07) is 9.62. The van der Waals surface area contributed by atoms with E-state index in [9.17, 15) is 9.59 Å². The highest BCUT2D eigenvalue weighted by Crippen LogP contribution is 2.59. The number of rotatable bonds is 5. The third kappa shape index (κ3) is 3.10. The van der Waals surface area contributed by atoms with E-state index in [0.717, 1.165) is 34.6 Å². The molecule has 2 N–H and O–H groups in total. The van der Waals surface area contributed by atoms with Gasteiger partial charge in [-0.25, -0.2) is 9.78 Å². The monoisotopic (exact) mass is 430 g/mol. The second-order valence-electron chi connectivity index (χ2n) is 9.90. The normalized spacial score (nSPS) is 28.2. The molecule has 164 valence electrons. The molecule has 0 aliphatic heterocycles. The van der Waals surface area contributed by atoms with Crippen LogP contribution in [0.1, 0.15) is 65.1 Å². The van der Waals surface area contributed by atoms with Gasteiger partial charge in [-0.05, 0) is 74.5 Å². The van der Waals surface area contributed by atoms with E-state index in [1.165, 1.54) is 57.0 Å². The number of fused-ring (bicyclic) bond motifs is 1. The van der Waals surface area contributed by atoms with E-state index in [-0.39, 0.29) is 23.3 Å². The van der Waals surface area contributed by atoms with Crippen LogP contribution in [-0.2, 0) is 16.9 Å². The zero-order valence-corrected chi connectivity index (χ0v) is 17.9. The quantitative estimate of drug-likeness (QED) is 0.621. The molecule has 32 heavy (non-hydrogen) atoms. The lowest BCUT2D eigenvalue weighted by Gasteiger charge is -2.57. The molecule has 2 heterocycles. The van der Waals surface area contributed by atoms with Crippen LogP contribution in [0.4, 0.5) is 0 Å². The van der Waals surface area contributed by atoms with Gasteiger partial charge >= 0.3 is 5.97 Å². The Morgan fingerprint density at radius 2 is 1.69 bits per heavy atom. The van der Waals surface area contributed by atoms with Crippen molar-refractivity contribution in [2.75, 3.05) is 0 Å². The van der Waals surface area contributed by atoms with Gasteiger partial charge in [-0.2, -0.15) is 0 Å². The van der Waals surface area contributed by atoms with Crippen molar-refractivity contribution in [2.24, 2.45) is 23.5 Å². The number of para-hydroxylation sites is 2. The van der Waals surface area contributed by atoms with Gasteiger partial charge in [0.25, 0.3) is 0 Å². The minimum Gasteiger partial charge on any atom is -0.454 e. The largest absolute Gasteiger partial charge is 0.454 e. The Morgan fingerprint density at radius 1 is 1.03 bits per heavy atom. The fourth-order valence-corrected chi connectivity index (χ4v) is 6.94. The van der Waals surface area contributed by atoms with Gasteiger partial charge in [0.1, 0.15) is 12.4 Å². The highest BCUT2D eigenvalue weighted by Gasteiger charge is 2.52. The molecular formula is C25H26N4O3. The molecule has 4 saturated carbocycles. The molecule has 7 nitrogen and oxygen atoms in total. The summed E-state index contributed by atoms with van der Waals surface area (Å²) < 4.78 is 8.07. The van der Waals surface area contributed by atoms with Crippen LogP contribution in [0.15, 0.2) is 42.7 Å². The zero-order valence-electron chi connectivity index (χ0n) is 17.9. The van der Waals surface area contributed by atoms with E-state index in [2.05, 4.69) is 21.7 Å². The summed E-state index contributed by atoms with van der Waals surface area (Å²) in [5, 5.41) is 0. The van der Waals surface area contributed by atoms with Crippen LogP contribution in [-0.4, -0.2) is 26.4 Å². The lowest BCUT2D eigenvalue weighted by Crippen LogP contribution is -2.52. The Balaban J connectivity index is 1.34. The molecule has 7 heteroatoms. The molecular weight excluding hydrogens is 404 g/mol. The van der Waals surface area contributed by atoms with Gasteiger partial charge in [-0.15, -0.1) is 0 Å². The summed E-state index contributed by atoms with van der Waals surface area (Å²) in [7, 11) is 0. The Kier molecular flexibility index (Phi) is 4.35. The van der Waals surface area contributed by atoms with Crippen LogP contribution in [0, 0.1) is 17.8 Å². The van der Waals surface area contributed by atoms with Gasteiger partial charge in [0.05, 0.1) is 22.2 Å². The van der Waals surface area contributed by atoms with Gasteiger partial charge in [-0.1, -0.05) is 12.1 Å². The average Bonchev–Trinajstić information content (AvgIpc) is 3.16. The third-order valence-electron chi connectivity index (χ3n) is 7.70. The van der Waals surface area contributed by atoms with Gasteiger partial charge in [-0.3, -0.25) is 9.78 Å². The number of esters is 1. The van der Waals surface area contributed by atoms with Crippen LogP contribution >= 0.6 is 0 Å². The highest BCUT2D eigenvalue weighted by atomic mass is 16.5. The molecule has 4 aliphatic rings. The van der Waals surface area contributed by atoms with E-state index in [1.54, 1.807) is 0 Å². The second kappa shape index (κ2) is 7.15. The van der Waals surface area contributed by atoms with Crippen LogP contribution in [0.3, 0.4) is 0 Å². The van der Waals surface area contributed by atoms with Crippen LogP contribution in [0.25, 0.3) is 11.0 Å². The Morgan fingerprint density at radius 3 is 2.38 bits per heavy atom. The summed E-state index contributed by atoms with van der Waals surface area (Å²) in [5.41, 5.74) is 7.83. The predicted molar refractivity (Wildman–Crippen MR) is 118 cm³/mol. The molecule has 0 radical (unpaired) electrons. The van der Waals surface area contributed by atoms with Gasteiger partial charge in [0.15, 0.2) is 0 Å². The molecule has 3 aromatic rings. The summed E-state index contributed by atoms with van der Waals surface area (Å²) in [4.78, 5) is 33.0. The first-order valence-corrected chi connectivity index (χ1v) is 11.4. The van der Waals surface area contributed by atoms with E-state index >= 15 is 0 Å². The average molecular weight is 431 g/mol. The zero-order chi connectivity index (χ0) is 21.9.